The van der Waals surface area contributed by atoms with Crippen LogP contribution in [0.1, 0.15) is 5.69 Å². The number of nitrogens with zero attached hydrogens (tertiary/aromatic N) is 1. The lowest BCUT2D eigenvalue weighted by Gasteiger charge is -2.19. The highest BCUT2D eigenvalue weighted by molar-refractivity contribution is 5.63. The van der Waals surface area contributed by atoms with Gasteiger partial charge in [-0.05, 0) is 31.2 Å². The van der Waals surface area contributed by atoms with E-state index in [1.54, 1.807) is 0 Å². The van der Waals surface area contributed by atoms with Gasteiger partial charge in [0.25, 0.3) is 0 Å². The molecule has 0 atom stereocenters. The third-order valence-corrected chi connectivity index (χ3v) is 2.94. The van der Waals surface area contributed by atoms with Crippen molar-refractivity contribution in [2.45, 2.75) is 6.92 Å². The molecule has 1 aromatic heterocycles. The summed E-state index contributed by atoms with van der Waals surface area (Å²) >= 11 is 0. The number of rotatable bonds is 2. The van der Waals surface area contributed by atoms with Crippen LogP contribution in [0.2, 0.25) is 0 Å². The van der Waals surface area contributed by atoms with Gasteiger partial charge in [-0.25, -0.2) is 4.98 Å². The second-order valence-corrected chi connectivity index (χ2v) is 4.35. The highest BCUT2D eigenvalue weighted by atomic mass is 16.6. The van der Waals surface area contributed by atoms with Gasteiger partial charge in [0.15, 0.2) is 11.5 Å². The van der Waals surface area contributed by atoms with Crippen LogP contribution < -0.4 is 20.5 Å². The van der Waals surface area contributed by atoms with Gasteiger partial charge in [-0.2, -0.15) is 0 Å². The average Bonchev–Trinajstić information content (AvgIpc) is 2.43. The first-order valence-electron chi connectivity index (χ1n) is 6.12. The normalized spacial score (nSPS) is 13.1. The van der Waals surface area contributed by atoms with Crippen LogP contribution in [0.15, 0.2) is 30.3 Å². The van der Waals surface area contributed by atoms with Crippen molar-refractivity contribution < 1.29 is 9.47 Å². The van der Waals surface area contributed by atoms with E-state index in [9.17, 15) is 0 Å². The molecule has 0 unspecified atom stereocenters. The van der Waals surface area contributed by atoms with Crippen LogP contribution in [0.4, 0.5) is 17.2 Å². The topological polar surface area (TPSA) is 69.4 Å². The number of nitrogens with one attached hydrogen (secondary N) is 1. The van der Waals surface area contributed by atoms with Gasteiger partial charge in [0.1, 0.15) is 19.0 Å². The third kappa shape index (κ3) is 2.40. The molecule has 3 N–H and O–H groups in total. The van der Waals surface area contributed by atoms with Gasteiger partial charge in [0.05, 0.1) is 11.4 Å². The molecule has 1 aromatic carbocycles. The van der Waals surface area contributed by atoms with Gasteiger partial charge in [-0.1, -0.05) is 0 Å². The monoisotopic (exact) mass is 257 g/mol. The fraction of sp³-hybridized carbons (Fsp3) is 0.214. The second kappa shape index (κ2) is 4.68. The summed E-state index contributed by atoms with van der Waals surface area (Å²) in [6.07, 6.45) is 0. The average molecular weight is 257 g/mol. The van der Waals surface area contributed by atoms with Crippen molar-refractivity contribution in [2.75, 3.05) is 24.3 Å². The molecule has 0 saturated heterocycles. The number of hydrogen-bond acceptors (Lipinski definition) is 5. The maximum Gasteiger partial charge on any atom is 0.163 e. The van der Waals surface area contributed by atoms with Crippen molar-refractivity contribution >= 4 is 17.2 Å². The molecule has 2 heterocycles. The molecule has 0 amide bonds. The first kappa shape index (κ1) is 11.6. The molecule has 0 fully saturated rings. The van der Waals surface area contributed by atoms with E-state index in [0.29, 0.717) is 18.9 Å². The summed E-state index contributed by atoms with van der Waals surface area (Å²) in [6.45, 7) is 3.05. The van der Waals surface area contributed by atoms with E-state index >= 15 is 0 Å². The molecule has 1 aliphatic rings. The number of aryl methyl sites for hydroxylation is 1. The first-order chi connectivity index (χ1) is 9.22. The number of anilines is 3. The summed E-state index contributed by atoms with van der Waals surface area (Å²) in [5, 5.41) is 3.22. The SMILES string of the molecule is Cc1nc(Nc2ccc3c(c2)OCCO3)ccc1N. The van der Waals surface area contributed by atoms with Crippen molar-refractivity contribution in [3.8, 4) is 11.5 Å². The van der Waals surface area contributed by atoms with Gasteiger partial charge in [-0.15, -0.1) is 0 Å². The van der Waals surface area contributed by atoms with E-state index in [2.05, 4.69) is 10.3 Å². The molecule has 0 aliphatic carbocycles. The summed E-state index contributed by atoms with van der Waals surface area (Å²) in [6, 6.07) is 9.41. The Balaban J connectivity index is 1.84. The smallest absolute Gasteiger partial charge is 0.163 e. The Bertz CT molecular complexity index is 614. The van der Waals surface area contributed by atoms with Crippen LogP contribution in [-0.2, 0) is 0 Å². The maximum atomic E-state index is 5.75. The zero-order chi connectivity index (χ0) is 13.2. The number of hydrogen-bond donors (Lipinski definition) is 2. The lowest BCUT2D eigenvalue weighted by Crippen LogP contribution is -2.15. The van der Waals surface area contributed by atoms with Crippen LogP contribution in [0.3, 0.4) is 0 Å². The molecule has 5 heteroatoms. The Kier molecular flexibility index (Phi) is 2.87. The van der Waals surface area contributed by atoms with E-state index < -0.39 is 0 Å². The molecule has 0 bridgehead atoms. The minimum Gasteiger partial charge on any atom is -0.486 e. The Morgan fingerprint density at radius 2 is 1.89 bits per heavy atom. The number of ether oxygens (including phenoxy) is 2. The van der Waals surface area contributed by atoms with Crippen LogP contribution >= 0.6 is 0 Å². The number of benzene rings is 1. The molecule has 98 valence electrons. The van der Waals surface area contributed by atoms with Crippen LogP contribution in [-0.4, -0.2) is 18.2 Å². The zero-order valence-corrected chi connectivity index (χ0v) is 10.6. The number of nitrogens with two attached hydrogens (primary N) is 1. The lowest BCUT2D eigenvalue weighted by molar-refractivity contribution is 0.171. The first-order valence-corrected chi connectivity index (χ1v) is 6.12. The molecule has 2 aromatic rings. The van der Waals surface area contributed by atoms with Crippen LogP contribution in [0.25, 0.3) is 0 Å². The molecular weight excluding hydrogens is 242 g/mol. The van der Waals surface area contributed by atoms with Crippen LogP contribution in [0.5, 0.6) is 11.5 Å². The minimum absolute atomic E-state index is 0.579. The number of nitrogen functional groups attached to an aromatic ring is 1. The second-order valence-electron chi connectivity index (χ2n) is 4.35. The van der Waals surface area contributed by atoms with Gasteiger partial charge < -0.3 is 20.5 Å². The summed E-state index contributed by atoms with van der Waals surface area (Å²) < 4.78 is 11.0. The van der Waals surface area contributed by atoms with Crippen molar-refractivity contribution in [1.82, 2.24) is 4.98 Å². The zero-order valence-electron chi connectivity index (χ0n) is 10.6. The van der Waals surface area contributed by atoms with E-state index in [4.69, 9.17) is 15.2 Å². The fourth-order valence-electron chi connectivity index (χ4n) is 1.91. The lowest BCUT2D eigenvalue weighted by atomic mass is 10.2. The number of aromatic nitrogens is 1. The molecular formula is C14H15N3O2. The molecule has 19 heavy (non-hydrogen) atoms. The van der Waals surface area contributed by atoms with Gasteiger partial charge >= 0.3 is 0 Å². The van der Waals surface area contributed by atoms with Gasteiger partial charge in [-0.3, -0.25) is 0 Å². The number of fused-ring (bicyclic) bond motifs is 1. The van der Waals surface area contributed by atoms with Crippen LogP contribution in [0, 0.1) is 6.92 Å². The van der Waals surface area contributed by atoms with E-state index in [-0.39, 0.29) is 0 Å². The van der Waals surface area contributed by atoms with E-state index in [1.807, 2.05) is 37.3 Å². The highest BCUT2D eigenvalue weighted by Gasteiger charge is 2.11. The highest BCUT2D eigenvalue weighted by Crippen LogP contribution is 2.33. The Labute approximate surface area is 111 Å². The van der Waals surface area contributed by atoms with Crippen molar-refractivity contribution in [2.24, 2.45) is 0 Å². The molecule has 0 spiro atoms. The third-order valence-electron chi connectivity index (χ3n) is 2.94. The number of pyridine rings is 1. The molecule has 3 rings (SSSR count). The quantitative estimate of drug-likeness (QED) is 0.865. The summed E-state index contributed by atoms with van der Waals surface area (Å²) in [7, 11) is 0. The van der Waals surface area contributed by atoms with Crippen molar-refractivity contribution in [3.05, 3.63) is 36.0 Å². The minimum atomic E-state index is 0.579. The Hall–Kier alpha value is -2.43. The fourth-order valence-corrected chi connectivity index (χ4v) is 1.91. The summed E-state index contributed by atoms with van der Waals surface area (Å²) in [5.41, 5.74) is 8.15. The van der Waals surface area contributed by atoms with Gasteiger partial charge in [0, 0.05) is 11.8 Å². The largest absolute Gasteiger partial charge is 0.486 e. The molecule has 0 saturated carbocycles. The molecule has 1 aliphatic heterocycles. The maximum absolute atomic E-state index is 5.75. The molecule has 5 nitrogen and oxygen atoms in total. The summed E-state index contributed by atoms with van der Waals surface area (Å²) in [5.74, 6) is 2.28. The van der Waals surface area contributed by atoms with Gasteiger partial charge in [0.2, 0.25) is 0 Å². The Morgan fingerprint density at radius 3 is 2.68 bits per heavy atom. The molecule has 0 radical (unpaired) electrons. The Morgan fingerprint density at radius 1 is 1.11 bits per heavy atom. The standard InChI is InChI=1S/C14H15N3O2/c1-9-11(15)3-5-14(16-9)17-10-2-4-12-13(8-10)19-7-6-18-12/h2-5,8H,6-7,15H2,1H3,(H,16,17). The van der Waals surface area contributed by atoms with Crippen molar-refractivity contribution in [1.29, 1.82) is 0 Å². The summed E-state index contributed by atoms with van der Waals surface area (Å²) in [4.78, 5) is 4.37. The van der Waals surface area contributed by atoms with Crippen molar-refractivity contribution in [3.63, 3.8) is 0 Å². The predicted octanol–water partition coefficient (Wildman–Crippen LogP) is 2.49. The predicted molar refractivity (Wildman–Crippen MR) is 74.1 cm³/mol. The van der Waals surface area contributed by atoms with E-state index in [1.165, 1.54) is 0 Å². The van der Waals surface area contributed by atoms with E-state index in [0.717, 1.165) is 28.7 Å².